The van der Waals surface area contributed by atoms with Crippen molar-refractivity contribution in [2.75, 3.05) is 14.2 Å². The molecule has 128 valence electrons. The van der Waals surface area contributed by atoms with Crippen LogP contribution >= 0.6 is 0 Å². The van der Waals surface area contributed by atoms with Gasteiger partial charge < -0.3 is 9.47 Å². The van der Waals surface area contributed by atoms with Crippen molar-refractivity contribution in [2.24, 2.45) is 0 Å². The number of ether oxygens (including phenoxy) is 2. The number of hydrogen-bond donors (Lipinski definition) is 0. The van der Waals surface area contributed by atoms with Gasteiger partial charge in [-0.05, 0) is 64.7 Å². The van der Waals surface area contributed by atoms with Gasteiger partial charge in [0.1, 0.15) is 11.5 Å². The van der Waals surface area contributed by atoms with E-state index in [1.54, 1.807) is 14.2 Å². The minimum Gasteiger partial charge on any atom is -0.497 e. The second-order valence-corrected chi connectivity index (χ2v) is 5.75. The van der Waals surface area contributed by atoms with Crippen LogP contribution in [-0.2, 0) is 0 Å². The summed E-state index contributed by atoms with van der Waals surface area (Å²) in [6.45, 7) is 0. The second-order valence-electron chi connectivity index (χ2n) is 5.75. The van der Waals surface area contributed by atoms with Crippen molar-refractivity contribution in [1.29, 1.82) is 5.26 Å². The third-order valence-electron chi connectivity index (χ3n) is 4.15. The first kappa shape index (κ1) is 17.3. The fourth-order valence-electron chi connectivity index (χ4n) is 2.70. The molecule has 3 nitrogen and oxygen atoms in total. The summed E-state index contributed by atoms with van der Waals surface area (Å²) in [7, 11) is 3.32. The molecule has 3 aromatic carbocycles. The van der Waals surface area contributed by atoms with Crippen molar-refractivity contribution >= 4 is 11.6 Å². The van der Waals surface area contributed by atoms with Crippen molar-refractivity contribution in [3.63, 3.8) is 0 Å². The highest BCUT2D eigenvalue weighted by molar-refractivity contribution is 5.91. The Labute approximate surface area is 153 Å². The molecule has 0 aliphatic carbocycles. The normalized spacial score (nSPS) is 9.88. The highest BCUT2D eigenvalue weighted by Gasteiger charge is 2.07. The van der Waals surface area contributed by atoms with Crippen LogP contribution in [-0.4, -0.2) is 14.2 Å². The van der Waals surface area contributed by atoms with E-state index in [2.05, 4.69) is 12.1 Å². The lowest BCUT2D eigenvalue weighted by molar-refractivity contribution is 0.414. The molecule has 0 unspecified atom stereocenters. The maximum atomic E-state index is 8.98. The lowest BCUT2D eigenvalue weighted by atomic mass is 9.95. The lowest BCUT2D eigenvalue weighted by Gasteiger charge is -2.11. The molecule has 0 saturated heterocycles. The molecule has 0 aliphatic rings. The maximum absolute atomic E-state index is 8.98. The van der Waals surface area contributed by atoms with E-state index >= 15 is 0 Å². The smallest absolute Gasteiger partial charge is 0.118 e. The van der Waals surface area contributed by atoms with Crippen molar-refractivity contribution in [3.05, 3.63) is 95.1 Å². The molecule has 0 N–H and O–H groups in total. The molecule has 0 radical (unpaired) electrons. The van der Waals surface area contributed by atoms with Gasteiger partial charge in [-0.15, -0.1) is 0 Å². The third-order valence-corrected chi connectivity index (χ3v) is 4.15. The van der Waals surface area contributed by atoms with Gasteiger partial charge in [0.25, 0.3) is 0 Å². The molecule has 0 atom stereocenters. The van der Waals surface area contributed by atoms with Gasteiger partial charge in [-0.3, -0.25) is 0 Å². The van der Waals surface area contributed by atoms with Crippen LogP contribution in [0.1, 0.15) is 22.3 Å². The Morgan fingerprint density at radius 2 is 1.19 bits per heavy atom. The molecule has 0 aromatic heterocycles. The zero-order valence-corrected chi connectivity index (χ0v) is 14.8. The Bertz CT molecular complexity index is 882. The van der Waals surface area contributed by atoms with Crippen LogP contribution in [0.5, 0.6) is 11.5 Å². The molecule has 3 aromatic rings. The van der Waals surface area contributed by atoms with Crippen LogP contribution in [0.25, 0.3) is 11.6 Å². The highest BCUT2D eigenvalue weighted by Crippen LogP contribution is 2.29. The van der Waals surface area contributed by atoms with E-state index in [-0.39, 0.29) is 0 Å². The summed E-state index contributed by atoms with van der Waals surface area (Å²) in [5, 5.41) is 8.98. The SMILES string of the molecule is COc1ccc(C(=Cc2ccc(C#N)cc2)c2ccc(OC)cc2)cc1. The van der Waals surface area contributed by atoms with Crippen LogP contribution in [0.3, 0.4) is 0 Å². The van der Waals surface area contributed by atoms with Gasteiger partial charge in [0.15, 0.2) is 0 Å². The molecule has 26 heavy (non-hydrogen) atoms. The number of methoxy groups -OCH3 is 2. The first-order valence-electron chi connectivity index (χ1n) is 8.24. The Balaban J connectivity index is 2.06. The monoisotopic (exact) mass is 341 g/mol. The van der Waals surface area contributed by atoms with E-state index in [0.717, 1.165) is 33.8 Å². The predicted molar refractivity (Wildman–Crippen MR) is 104 cm³/mol. The quantitative estimate of drug-likeness (QED) is 0.602. The predicted octanol–water partition coefficient (Wildman–Crippen LogP) is 5.16. The first-order chi connectivity index (χ1) is 12.7. The van der Waals surface area contributed by atoms with Crippen molar-refractivity contribution in [2.45, 2.75) is 0 Å². The van der Waals surface area contributed by atoms with Crippen molar-refractivity contribution in [1.82, 2.24) is 0 Å². The Hall–Kier alpha value is -3.51. The van der Waals surface area contributed by atoms with E-state index in [9.17, 15) is 0 Å². The molecule has 0 saturated carbocycles. The van der Waals surface area contributed by atoms with Crippen LogP contribution in [0, 0.1) is 11.3 Å². The molecule has 0 heterocycles. The molecule has 3 heteroatoms. The van der Waals surface area contributed by atoms with Crippen molar-refractivity contribution in [3.8, 4) is 17.6 Å². The van der Waals surface area contributed by atoms with E-state index < -0.39 is 0 Å². The number of nitrogens with zero attached hydrogens (tertiary/aromatic N) is 1. The largest absolute Gasteiger partial charge is 0.497 e. The second kappa shape index (κ2) is 8.04. The summed E-state index contributed by atoms with van der Waals surface area (Å²) >= 11 is 0. The van der Waals surface area contributed by atoms with Gasteiger partial charge in [-0.1, -0.05) is 36.4 Å². The number of hydrogen-bond acceptors (Lipinski definition) is 3. The molecule has 0 amide bonds. The minimum absolute atomic E-state index is 0.651. The molecule has 0 aliphatic heterocycles. The molecule has 3 rings (SSSR count). The lowest BCUT2D eigenvalue weighted by Crippen LogP contribution is -1.91. The van der Waals surface area contributed by atoms with Crippen LogP contribution in [0.15, 0.2) is 72.8 Å². The number of benzene rings is 3. The summed E-state index contributed by atoms with van der Waals surface area (Å²) < 4.78 is 10.5. The Kier molecular flexibility index (Phi) is 5.36. The standard InChI is InChI=1S/C23H19NO2/c1-25-21-11-7-19(8-12-21)23(20-9-13-22(26-2)14-10-20)15-17-3-5-18(16-24)6-4-17/h3-15H,1-2H3. The third kappa shape index (κ3) is 3.93. The molecular formula is C23H19NO2. The topological polar surface area (TPSA) is 42.2 Å². The first-order valence-corrected chi connectivity index (χ1v) is 8.24. The van der Waals surface area contributed by atoms with Gasteiger partial charge >= 0.3 is 0 Å². The summed E-state index contributed by atoms with van der Waals surface area (Å²) in [6.07, 6.45) is 2.12. The van der Waals surface area contributed by atoms with E-state index in [4.69, 9.17) is 14.7 Å². The number of rotatable bonds is 5. The average molecular weight is 341 g/mol. The molecular weight excluding hydrogens is 322 g/mol. The van der Waals surface area contributed by atoms with E-state index in [1.807, 2.05) is 72.8 Å². The van der Waals surface area contributed by atoms with Crippen molar-refractivity contribution < 1.29 is 9.47 Å². The highest BCUT2D eigenvalue weighted by atomic mass is 16.5. The summed E-state index contributed by atoms with van der Waals surface area (Å²) in [5.74, 6) is 1.64. The zero-order chi connectivity index (χ0) is 18.4. The van der Waals surface area contributed by atoms with Gasteiger partial charge in [0.2, 0.25) is 0 Å². The van der Waals surface area contributed by atoms with Gasteiger partial charge in [-0.25, -0.2) is 0 Å². The Morgan fingerprint density at radius 1 is 0.731 bits per heavy atom. The van der Waals surface area contributed by atoms with Gasteiger partial charge in [0.05, 0.1) is 25.9 Å². The summed E-state index contributed by atoms with van der Waals surface area (Å²) in [5.41, 5.74) is 4.93. The summed E-state index contributed by atoms with van der Waals surface area (Å²) in [4.78, 5) is 0. The zero-order valence-electron chi connectivity index (χ0n) is 14.8. The van der Waals surface area contributed by atoms with E-state index in [0.29, 0.717) is 5.56 Å². The van der Waals surface area contributed by atoms with Crippen LogP contribution in [0.4, 0.5) is 0 Å². The van der Waals surface area contributed by atoms with Gasteiger partial charge in [-0.2, -0.15) is 5.26 Å². The van der Waals surface area contributed by atoms with Gasteiger partial charge in [0, 0.05) is 0 Å². The van der Waals surface area contributed by atoms with E-state index in [1.165, 1.54) is 0 Å². The minimum atomic E-state index is 0.651. The average Bonchev–Trinajstić information content (AvgIpc) is 2.73. The number of nitriles is 1. The van der Waals surface area contributed by atoms with Crippen LogP contribution in [0.2, 0.25) is 0 Å². The molecule has 0 fully saturated rings. The van der Waals surface area contributed by atoms with Crippen LogP contribution < -0.4 is 9.47 Å². The fourth-order valence-corrected chi connectivity index (χ4v) is 2.70. The molecule has 0 spiro atoms. The Morgan fingerprint density at radius 3 is 1.58 bits per heavy atom. The molecule has 0 bridgehead atoms. The summed E-state index contributed by atoms with van der Waals surface area (Å²) in [6, 6.07) is 25.7. The fraction of sp³-hybridized carbons (Fsp3) is 0.0870. The maximum Gasteiger partial charge on any atom is 0.118 e.